The Morgan fingerprint density at radius 2 is 1.91 bits per heavy atom. The number of hydrogen-bond donors (Lipinski definition) is 2. The van der Waals surface area contributed by atoms with E-state index in [1.165, 1.54) is 17.0 Å². The zero-order valence-corrected chi connectivity index (χ0v) is 23.6. The molecule has 11 nitrogen and oxygen atoms in total. The Kier molecular flexibility index (Phi) is 6.59. The second-order valence-corrected chi connectivity index (χ2v) is 11.7. The van der Waals surface area contributed by atoms with Gasteiger partial charge in [-0.3, -0.25) is 14.6 Å². The van der Waals surface area contributed by atoms with Crippen LogP contribution in [0.2, 0.25) is 0 Å². The van der Waals surface area contributed by atoms with Crippen molar-refractivity contribution in [1.82, 2.24) is 39.1 Å². The molecular weight excluding hydrogens is 563 g/mol. The van der Waals surface area contributed by atoms with Crippen LogP contribution in [0, 0.1) is 5.82 Å². The summed E-state index contributed by atoms with van der Waals surface area (Å²) in [6.07, 6.45) is 3.93. The molecule has 2 fully saturated rings. The van der Waals surface area contributed by atoms with E-state index in [0.29, 0.717) is 22.8 Å². The van der Waals surface area contributed by atoms with Crippen molar-refractivity contribution in [1.29, 1.82) is 0 Å². The number of pyridine rings is 1. The number of likely N-dealkylation sites (tertiary alicyclic amines) is 1. The normalized spacial score (nSPS) is 19.0. The fraction of sp³-hybridized carbons (Fsp3) is 0.414. The molecule has 3 aromatic heterocycles. The minimum Gasteiger partial charge on any atom is -0.365 e. The highest BCUT2D eigenvalue weighted by Gasteiger charge is 2.48. The molecule has 1 aliphatic carbocycles. The molecule has 14 heteroatoms. The van der Waals surface area contributed by atoms with Gasteiger partial charge in [0.25, 0.3) is 11.8 Å². The zero-order valence-electron chi connectivity index (χ0n) is 23.6. The van der Waals surface area contributed by atoms with Crippen LogP contribution in [0.4, 0.5) is 19.0 Å². The molecule has 1 unspecified atom stereocenters. The monoisotopic (exact) mass is 593 g/mol. The molecule has 1 saturated carbocycles. The number of amides is 1. The van der Waals surface area contributed by atoms with Gasteiger partial charge in [0.1, 0.15) is 23.7 Å². The van der Waals surface area contributed by atoms with Gasteiger partial charge < -0.3 is 19.6 Å². The van der Waals surface area contributed by atoms with E-state index >= 15 is 4.39 Å². The van der Waals surface area contributed by atoms with Gasteiger partial charge in [0, 0.05) is 25.0 Å². The summed E-state index contributed by atoms with van der Waals surface area (Å²) in [4.78, 5) is 25.4. The predicted octanol–water partition coefficient (Wildman–Crippen LogP) is 3.92. The summed E-state index contributed by atoms with van der Waals surface area (Å²) in [5, 5.41) is 21.8. The van der Waals surface area contributed by atoms with E-state index in [0.717, 1.165) is 24.2 Å². The van der Waals surface area contributed by atoms with Crippen LogP contribution >= 0.6 is 0 Å². The number of alkyl halides is 2. The molecule has 2 aliphatic heterocycles. The number of benzene rings is 1. The Balaban J connectivity index is 1.20. The first-order valence-electron chi connectivity index (χ1n) is 14.2. The number of carbonyl (C=O) groups excluding carboxylic acids is 1. The molecule has 1 aromatic carbocycles. The summed E-state index contributed by atoms with van der Waals surface area (Å²) < 4.78 is 46.4. The lowest BCUT2D eigenvalue weighted by Gasteiger charge is -2.44. The number of halogens is 3. The summed E-state index contributed by atoms with van der Waals surface area (Å²) in [7, 11) is 0. The fourth-order valence-electron chi connectivity index (χ4n) is 5.77. The van der Waals surface area contributed by atoms with E-state index in [1.54, 1.807) is 35.8 Å². The number of hydrogen-bond acceptors (Lipinski definition) is 8. The molecule has 1 saturated heterocycles. The molecule has 43 heavy (non-hydrogen) atoms. The van der Waals surface area contributed by atoms with E-state index < -0.39 is 37.1 Å². The number of nitrogens with one attached hydrogen (secondary N) is 1. The van der Waals surface area contributed by atoms with Gasteiger partial charge >= 0.3 is 0 Å². The number of aliphatic hydroxyl groups is 1. The number of aromatic nitrogens is 6. The molecule has 4 aromatic rings. The first-order valence-corrected chi connectivity index (χ1v) is 14.2. The second kappa shape index (κ2) is 10.2. The number of fused-ring (bicyclic) bond motifs is 3. The lowest BCUT2D eigenvalue weighted by molar-refractivity contribution is -0.228. The van der Waals surface area contributed by atoms with E-state index in [4.69, 9.17) is 0 Å². The number of aliphatic hydroxyl groups excluding tert-OH is 1. The van der Waals surface area contributed by atoms with Crippen molar-refractivity contribution in [2.24, 2.45) is 0 Å². The van der Waals surface area contributed by atoms with Gasteiger partial charge in [0.15, 0.2) is 12.2 Å². The number of carbonyl (C=O) groups is 1. The third kappa shape index (κ3) is 5.08. The molecule has 0 spiro atoms. The van der Waals surface area contributed by atoms with Gasteiger partial charge in [-0.25, -0.2) is 23.1 Å². The van der Waals surface area contributed by atoms with Crippen LogP contribution < -0.4 is 5.32 Å². The van der Waals surface area contributed by atoms with Crippen LogP contribution in [0.5, 0.6) is 0 Å². The van der Waals surface area contributed by atoms with Crippen LogP contribution in [0.1, 0.15) is 66.0 Å². The molecule has 7 rings (SSSR count). The van der Waals surface area contributed by atoms with Gasteiger partial charge in [-0.15, -0.1) is 10.2 Å². The predicted molar refractivity (Wildman–Crippen MR) is 149 cm³/mol. The van der Waals surface area contributed by atoms with Crippen molar-refractivity contribution in [2.75, 3.05) is 18.4 Å². The summed E-state index contributed by atoms with van der Waals surface area (Å²) in [5.74, 6) is -3.27. The second-order valence-electron chi connectivity index (χ2n) is 11.7. The molecule has 5 heterocycles. The molecule has 3 aliphatic rings. The summed E-state index contributed by atoms with van der Waals surface area (Å²) in [5.41, 5.74) is 2.99. The Labute approximate surface area is 245 Å². The third-order valence-corrected chi connectivity index (χ3v) is 8.13. The van der Waals surface area contributed by atoms with Crippen LogP contribution in [0.25, 0.3) is 17.2 Å². The molecule has 0 radical (unpaired) electrons. The van der Waals surface area contributed by atoms with Gasteiger partial charge in [0.05, 0.1) is 42.1 Å². The lowest BCUT2D eigenvalue weighted by Crippen LogP contribution is -2.63. The van der Waals surface area contributed by atoms with Gasteiger partial charge in [-0.05, 0) is 56.5 Å². The highest BCUT2D eigenvalue weighted by Crippen LogP contribution is 2.43. The van der Waals surface area contributed by atoms with Gasteiger partial charge in [-0.2, -0.15) is 0 Å². The largest absolute Gasteiger partial charge is 0.365 e. The van der Waals surface area contributed by atoms with E-state index in [9.17, 15) is 18.7 Å². The summed E-state index contributed by atoms with van der Waals surface area (Å²) >= 11 is 0. The van der Waals surface area contributed by atoms with Gasteiger partial charge in [0.2, 0.25) is 0 Å². The van der Waals surface area contributed by atoms with Crippen molar-refractivity contribution in [2.45, 2.75) is 64.0 Å². The average molecular weight is 594 g/mol. The number of anilines is 1. The summed E-state index contributed by atoms with van der Waals surface area (Å²) in [6, 6.07) is 7.89. The topological polar surface area (TPSA) is 117 Å². The molecule has 224 valence electrons. The van der Waals surface area contributed by atoms with Crippen LogP contribution in [-0.4, -0.2) is 75.5 Å². The number of nitrogens with zero attached hydrogens (tertiary/aromatic N) is 8. The van der Waals surface area contributed by atoms with E-state index in [2.05, 4.69) is 25.5 Å². The first kappa shape index (κ1) is 27.7. The maximum Gasteiger partial charge on any atom is 0.273 e. The summed E-state index contributed by atoms with van der Waals surface area (Å²) in [6.45, 7) is 3.19. The molecule has 0 bridgehead atoms. The number of imidazole rings is 1. The van der Waals surface area contributed by atoms with Crippen LogP contribution in [-0.2, 0) is 13.1 Å². The number of rotatable bonds is 7. The van der Waals surface area contributed by atoms with Gasteiger partial charge in [-0.1, -0.05) is 6.07 Å². The molecular formula is C29H30F3N9O2. The zero-order chi connectivity index (χ0) is 30.0. The standard InChI is InChI=1S/C29H30F3N9O2/c1-16(2)40-15-34-37-26(40)21-4-3-5-24(35-21)36-27(42)19-9-22-18(8-20(19)30)10-38(28(43)39-12-29(31,32)13-39)11-23-25(17-6-7-17)33-14-41(22)23/h3-5,8-9,14-17,28,43H,6-7,10-13H2,1-2H3,(H,35,36,42). The maximum atomic E-state index is 15.6. The van der Waals surface area contributed by atoms with Crippen LogP contribution in [0.3, 0.4) is 0 Å². The van der Waals surface area contributed by atoms with Crippen molar-refractivity contribution < 1.29 is 23.1 Å². The Hall–Kier alpha value is -4.14. The quantitative estimate of drug-likeness (QED) is 0.331. The lowest BCUT2D eigenvalue weighted by atomic mass is 10.1. The maximum absolute atomic E-state index is 15.6. The first-order chi connectivity index (χ1) is 20.6. The molecule has 1 amide bonds. The highest BCUT2D eigenvalue weighted by atomic mass is 19.3. The SMILES string of the molecule is CC(C)n1cnnc1-c1cccc(NC(=O)c2cc3c(cc2F)CN(C(O)N2CC(F)(F)C2)Cc2c(C4CC4)ncn2-3)n1. The van der Waals surface area contributed by atoms with E-state index in [1.807, 2.05) is 23.0 Å². The highest BCUT2D eigenvalue weighted by molar-refractivity contribution is 6.04. The fourth-order valence-corrected chi connectivity index (χ4v) is 5.77. The smallest absolute Gasteiger partial charge is 0.273 e. The molecule has 1 atom stereocenters. The minimum absolute atomic E-state index is 0.0866. The minimum atomic E-state index is -2.85. The van der Waals surface area contributed by atoms with E-state index in [-0.39, 0.29) is 36.4 Å². The Morgan fingerprint density at radius 3 is 2.63 bits per heavy atom. The van der Waals surface area contributed by atoms with Crippen molar-refractivity contribution >= 4 is 11.7 Å². The van der Waals surface area contributed by atoms with Crippen molar-refractivity contribution in [3.63, 3.8) is 0 Å². The van der Waals surface area contributed by atoms with Crippen LogP contribution in [0.15, 0.2) is 43.0 Å². The Bertz CT molecular complexity index is 1710. The van der Waals surface area contributed by atoms with Crippen molar-refractivity contribution in [3.05, 3.63) is 71.3 Å². The Morgan fingerprint density at radius 1 is 1.12 bits per heavy atom. The molecule has 2 N–H and O–H groups in total. The van der Waals surface area contributed by atoms with Crippen molar-refractivity contribution in [3.8, 4) is 17.2 Å². The third-order valence-electron chi connectivity index (χ3n) is 8.13. The average Bonchev–Trinajstić information content (AvgIpc) is 3.56.